The van der Waals surface area contributed by atoms with Gasteiger partial charge < -0.3 is 11.1 Å². The Morgan fingerprint density at radius 3 is 2.71 bits per heavy atom. The van der Waals surface area contributed by atoms with Crippen LogP contribution in [0.2, 0.25) is 0 Å². The molecule has 0 aromatic rings. The maximum absolute atomic E-state index is 11.7. The zero-order valence-electron chi connectivity index (χ0n) is 10.2. The van der Waals surface area contributed by atoms with E-state index in [0.717, 1.165) is 11.3 Å². The molecule has 0 spiro atoms. The van der Waals surface area contributed by atoms with Crippen molar-refractivity contribution in [1.82, 2.24) is 10.2 Å². The fourth-order valence-corrected chi connectivity index (χ4v) is 1.74. The summed E-state index contributed by atoms with van der Waals surface area (Å²) in [6, 6.07) is -0.694. The van der Waals surface area contributed by atoms with Crippen molar-refractivity contribution >= 4 is 17.7 Å². The summed E-state index contributed by atoms with van der Waals surface area (Å²) in [6.07, 6.45) is 1.52. The largest absolute Gasteiger partial charge is 0.344 e. The number of nitrogens with two attached hydrogens (primary N) is 1. The number of hydrogen-bond donors (Lipinski definition) is 2. The molecule has 1 fully saturated rings. The van der Waals surface area contributed by atoms with Gasteiger partial charge >= 0.3 is 0 Å². The Balaban J connectivity index is 2.47. The van der Waals surface area contributed by atoms with Gasteiger partial charge in [0, 0.05) is 13.0 Å². The molecule has 6 heteroatoms. The molecule has 0 aromatic heterocycles. The number of hydrogen-bond acceptors (Lipinski definition) is 4. The van der Waals surface area contributed by atoms with Crippen LogP contribution in [0.5, 0.6) is 0 Å². The van der Waals surface area contributed by atoms with Crippen molar-refractivity contribution in [3.63, 3.8) is 0 Å². The average molecular weight is 241 g/mol. The van der Waals surface area contributed by atoms with Crippen LogP contribution in [0.1, 0.15) is 26.2 Å². The normalized spacial score (nSPS) is 21.8. The molecule has 3 N–H and O–H groups in total. The quantitative estimate of drug-likeness (QED) is 0.618. The molecule has 0 radical (unpaired) electrons. The van der Waals surface area contributed by atoms with Gasteiger partial charge in [0.05, 0.1) is 6.42 Å². The Morgan fingerprint density at radius 2 is 2.24 bits per heavy atom. The van der Waals surface area contributed by atoms with Gasteiger partial charge in [0.15, 0.2) is 0 Å². The van der Waals surface area contributed by atoms with E-state index < -0.39 is 6.04 Å². The highest BCUT2D eigenvalue weighted by Crippen LogP contribution is 2.12. The molecule has 2 unspecified atom stereocenters. The zero-order valence-corrected chi connectivity index (χ0v) is 10.2. The monoisotopic (exact) mass is 241 g/mol. The highest BCUT2D eigenvalue weighted by Gasteiger charge is 2.37. The van der Waals surface area contributed by atoms with Crippen LogP contribution < -0.4 is 11.1 Å². The van der Waals surface area contributed by atoms with Crippen LogP contribution in [0.4, 0.5) is 0 Å². The predicted octanol–water partition coefficient (Wildman–Crippen LogP) is -0.765. The first kappa shape index (κ1) is 13.6. The van der Waals surface area contributed by atoms with Crippen molar-refractivity contribution in [3.05, 3.63) is 0 Å². The van der Waals surface area contributed by atoms with E-state index in [2.05, 4.69) is 5.32 Å². The molecule has 1 saturated heterocycles. The summed E-state index contributed by atoms with van der Waals surface area (Å²) in [4.78, 5) is 35.6. The second kappa shape index (κ2) is 5.77. The van der Waals surface area contributed by atoms with E-state index in [1.807, 2.05) is 0 Å². The van der Waals surface area contributed by atoms with Crippen LogP contribution in [0.3, 0.4) is 0 Å². The highest BCUT2D eigenvalue weighted by molar-refractivity contribution is 6.06. The molecular weight excluding hydrogens is 222 g/mol. The fourth-order valence-electron chi connectivity index (χ4n) is 1.74. The molecule has 0 saturated carbocycles. The molecular formula is C11H19N3O3. The van der Waals surface area contributed by atoms with Crippen molar-refractivity contribution < 1.29 is 14.4 Å². The van der Waals surface area contributed by atoms with Crippen LogP contribution in [0.25, 0.3) is 0 Å². The highest BCUT2D eigenvalue weighted by atomic mass is 16.2. The average Bonchev–Trinajstić information content (AvgIpc) is 2.54. The molecule has 0 aliphatic carbocycles. The van der Waals surface area contributed by atoms with Crippen LogP contribution in [-0.2, 0) is 14.4 Å². The van der Waals surface area contributed by atoms with E-state index in [0.29, 0.717) is 13.0 Å². The smallest absolute Gasteiger partial charge is 0.252 e. The van der Waals surface area contributed by atoms with Crippen molar-refractivity contribution in [2.45, 2.75) is 32.2 Å². The first-order chi connectivity index (χ1) is 7.97. The van der Waals surface area contributed by atoms with Crippen LogP contribution in [0, 0.1) is 5.92 Å². The van der Waals surface area contributed by atoms with Crippen LogP contribution >= 0.6 is 0 Å². The van der Waals surface area contributed by atoms with Gasteiger partial charge in [-0.25, -0.2) is 0 Å². The van der Waals surface area contributed by atoms with Crippen molar-refractivity contribution in [2.75, 3.05) is 13.6 Å². The van der Waals surface area contributed by atoms with E-state index in [1.54, 1.807) is 6.92 Å². The number of rotatable bonds is 5. The maximum atomic E-state index is 11.7. The number of likely N-dealkylation sites (tertiary alicyclic amines) is 1. The molecule has 6 nitrogen and oxygen atoms in total. The minimum Gasteiger partial charge on any atom is -0.344 e. The Kier molecular flexibility index (Phi) is 4.62. The fraction of sp³-hybridized carbons (Fsp3) is 0.727. The van der Waals surface area contributed by atoms with E-state index in [9.17, 15) is 14.4 Å². The first-order valence-corrected chi connectivity index (χ1v) is 5.78. The maximum Gasteiger partial charge on any atom is 0.252 e. The van der Waals surface area contributed by atoms with Gasteiger partial charge in [0.1, 0.15) is 6.04 Å². The lowest BCUT2D eigenvalue weighted by molar-refractivity contribution is -0.138. The molecule has 17 heavy (non-hydrogen) atoms. The third-order valence-corrected chi connectivity index (χ3v) is 2.99. The molecule has 3 amide bonds. The zero-order chi connectivity index (χ0) is 13.0. The van der Waals surface area contributed by atoms with Gasteiger partial charge in [-0.15, -0.1) is 0 Å². The van der Waals surface area contributed by atoms with Gasteiger partial charge in [0.2, 0.25) is 11.8 Å². The number of amides is 3. The molecule has 1 aliphatic heterocycles. The standard InChI is InChI=1S/C11H19N3O3/c1-7(4-3-5-12)10(16)13-8-6-9(15)14(2)11(8)17/h7-8H,3-6,12H2,1-2H3,(H,13,16). The minimum absolute atomic E-state index is 0.0602. The van der Waals surface area contributed by atoms with E-state index in [-0.39, 0.29) is 30.1 Å². The summed E-state index contributed by atoms with van der Waals surface area (Å²) in [5.74, 6) is -0.975. The number of carbonyl (C=O) groups is 3. The second-order valence-corrected chi connectivity index (χ2v) is 4.39. The lowest BCUT2D eigenvalue weighted by atomic mass is 10.0. The van der Waals surface area contributed by atoms with E-state index in [4.69, 9.17) is 5.73 Å². The summed E-state index contributed by atoms with van der Waals surface area (Å²) < 4.78 is 0. The molecule has 1 rings (SSSR count). The van der Waals surface area contributed by atoms with E-state index >= 15 is 0 Å². The summed E-state index contributed by atoms with van der Waals surface area (Å²) in [6.45, 7) is 2.33. The SMILES string of the molecule is CC(CCCN)C(=O)NC1CC(=O)N(C)C1=O. The first-order valence-electron chi connectivity index (χ1n) is 5.78. The van der Waals surface area contributed by atoms with Gasteiger partial charge in [-0.3, -0.25) is 19.3 Å². The number of carbonyl (C=O) groups excluding carboxylic acids is 3. The molecule has 0 aromatic carbocycles. The van der Waals surface area contributed by atoms with E-state index in [1.165, 1.54) is 7.05 Å². The minimum atomic E-state index is -0.694. The lowest BCUT2D eigenvalue weighted by Crippen LogP contribution is -2.42. The number of likely N-dealkylation sites (N-methyl/N-ethyl adjacent to an activating group) is 1. The van der Waals surface area contributed by atoms with Gasteiger partial charge in [-0.1, -0.05) is 6.92 Å². The Morgan fingerprint density at radius 1 is 1.59 bits per heavy atom. The third-order valence-electron chi connectivity index (χ3n) is 2.99. The Labute approximate surface area is 101 Å². The summed E-state index contributed by atoms with van der Waals surface area (Å²) in [5.41, 5.74) is 5.36. The van der Waals surface area contributed by atoms with Crippen LogP contribution in [0.15, 0.2) is 0 Å². The second-order valence-electron chi connectivity index (χ2n) is 4.39. The summed E-state index contributed by atoms with van der Waals surface area (Å²) in [7, 11) is 1.43. The lowest BCUT2D eigenvalue weighted by Gasteiger charge is -2.15. The van der Waals surface area contributed by atoms with Crippen molar-refractivity contribution in [2.24, 2.45) is 11.7 Å². The summed E-state index contributed by atoms with van der Waals surface area (Å²) in [5, 5.41) is 2.61. The summed E-state index contributed by atoms with van der Waals surface area (Å²) >= 11 is 0. The van der Waals surface area contributed by atoms with Gasteiger partial charge in [0.25, 0.3) is 5.91 Å². The third kappa shape index (κ3) is 3.26. The number of imide groups is 1. The van der Waals surface area contributed by atoms with Gasteiger partial charge in [-0.2, -0.15) is 0 Å². The predicted molar refractivity (Wildman–Crippen MR) is 61.8 cm³/mol. The van der Waals surface area contributed by atoms with Crippen molar-refractivity contribution in [1.29, 1.82) is 0 Å². The number of nitrogens with one attached hydrogen (secondary N) is 1. The molecule has 96 valence electrons. The van der Waals surface area contributed by atoms with Crippen LogP contribution in [-0.4, -0.2) is 42.3 Å². The molecule has 1 heterocycles. The molecule has 1 aliphatic rings. The Hall–Kier alpha value is -1.43. The van der Waals surface area contributed by atoms with Crippen molar-refractivity contribution in [3.8, 4) is 0 Å². The molecule has 2 atom stereocenters. The molecule has 0 bridgehead atoms. The topological polar surface area (TPSA) is 92.5 Å². The number of nitrogens with zero attached hydrogens (tertiary/aromatic N) is 1. The van der Waals surface area contributed by atoms with Gasteiger partial charge in [-0.05, 0) is 19.4 Å². The Bertz CT molecular complexity index is 330.